The molecule has 1 fully saturated rings. The van der Waals surface area contributed by atoms with Crippen molar-refractivity contribution in [2.75, 3.05) is 31.1 Å². The van der Waals surface area contributed by atoms with Crippen LogP contribution >= 0.6 is 0 Å². The van der Waals surface area contributed by atoms with Crippen LogP contribution in [0.5, 0.6) is 0 Å². The van der Waals surface area contributed by atoms with Gasteiger partial charge in [-0.2, -0.15) is 5.10 Å². The molecule has 1 aliphatic rings. The lowest BCUT2D eigenvalue weighted by Gasteiger charge is -2.35. The Kier molecular flexibility index (Phi) is 5.88. The van der Waals surface area contributed by atoms with Gasteiger partial charge in [-0.25, -0.2) is 4.98 Å². The molecular weight excluding hydrogens is 440 g/mol. The quantitative estimate of drug-likeness (QED) is 0.472. The predicted octanol–water partition coefficient (Wildman–Crippen LogP) is 3.86. The number of para-hydroxylation sites is 1. The summed E-state index contributed by atoms with van der Waals surface area (Å²) in [6, 6.07) is 17.0. The molecule has 2 N–H and O–H groups in total. The van der Waals surface area contributed by atoms with Crippen LogP contribution in [-0.4, -0.2) is 57.2 Å². The van der Waals surface area contributed by atoms with Gasteiger partial charge >= 0.3 is 0 Å². The van der Waals surface area contributed by atoms with E-state index in [9.17, 15) is 9.59 Å². The van der Waals surface area contributed by atoms with Gasteiger partial charge in [-0.05, 0) is 42.2 Å². The number of amides is 1. The number of benzene rings is 2. The third-order valence-electron chi connectivity index (χ3n) is 6.22. The largest absolute Gasteiger partial charge is 0.339 e. The number of aromatic amines is 2. The fraction of sp³-hybridized carbons (Fsp3) is 0.333. The molecule has 2 aromatic heterocycles. The van der Waals surface area contributed by atoms with Crippen LogP contribution in [0.2, 0.25) is 0 Å². The lowest BCUT2D eigenvalue weighted by atomic mass is 9.90. The maximum Gasteiger partial charge on any atom is 0.260 e. The Balaban J connectivity index is 1.27. The zero-order valence-electron chi connectivity index (χ0n) is 20.3. The number of H-pyrrole nitrogens is 2. The molecule has 4 aromatic rings. The Labute approximate surface area is 204 Å². The van der Waals surface area contributed by atoms with Crippen molar-refractivity contribution >= 4 is 22.8 Å². The minimum Gasteiger partial charge on any atom is -0.339 e. The Morgan fingerprint density at radius 2 is 1.77 bits per heavy atom. The van der Waals surface area contributed by atoms with E-state index in [1.807, 2.05) is 52.3 Å². The Morgan fingerprint density at radius 3 is 2.54 bits per heavy atom. The van der Waals surface area contributed by atoms with Crippen LogP contribution in [0.1, 0.15) is 36.8 Å². The second kappa shape index (κ2) is 9.02. The third kappa shape index (κ3) is 4.96. The molecule has 5 rings (SSSR count). The number of hydrogen-bond acceptors (Lipinski definition) is 5. The molecule has 180 valence electrons. The van der Waals surface area contributed by atoms with Gasteiger partial charge in [0.2, 0.25) is 5.95 Å². The van der Waals surface area contributed by atoms with Crippen molar-refractivity contribution in [2.24, 2.45) is 5.41 Å². The maximum absolute atomic E-state index is 13.3. The Morgan fingerprint density at radius 1 is 1.00 bits per heavy atom. The SMILES string of the molecule is CC(C)(C)Cc1cc(-c2cccc(C(=O)N3CCN(c4nc5ccccc5c(=O)[nH]4)CC3)c2)n[nH]1. The fourth-order valence-corrected chi connectivity index (χ4v) is 4.51. The third-order valence-corrected chi connectivity index (χ3v) is 6.22. The van der Waals surface area contributed by atoms with E-state index >= 15 is 0 Å². The van der Waals surface area contributed by atoms with Crippen LogP contribution in [0.4, 0.5) is 5.95 Å². The first-order valence-corrected chi connectivity index (χ1v) is 11.9. The smallest absolute Gasteiger partial charge is 0.260 e. The molecule has 0 unspecified atom stereocenters. The molecule has 0 atom stereocenters. The average Bonchev–Trinajstić information content (AvgIpc) is 3.30. The van der Waals surface area contributed by atoms with Gasteiger partial charge in [0.25, 0.3) is 11.5 Å². The molecule has 0 bridgehead atoms. The van der Waals surface area contributed by atoms with E-state index in [1.165, 1.54) is 0 Å². The Hall–Kier alpha value is -3.94. The number of carbonyl (C=O) groups is 1. The van der Waals surface area contributed by atoms with Gasteiger partial charge in [0.15, 0.2) is 0 Å². The standard InChI is InChI=1S/C27H30N6O2/c1-27(2,3)17-20-16-23(31-30-20)18-7-6-8-19(15-18)25(35)32-11-13-33(14-12-32)26-28-22-10-5-4-9-21(22)24(34)29-26/h4-10,15-16H,11-14,17H2,1-3H3,(H,30,31)(H,28,29,34). The summed E-state index contributed by atoms with van der Waals surface area (Å²) in [7, 11) is 0. The van der Waals surface area contributed by atoms with Crippen LogP contribution in [0.3, 0.4) is 0 Å². The first-order valence-electron chi connectivity index (χ1n) is 11.9. The van der Waals surface area contributed by atoms with Gasteiger partial charge in [0, 0.05) is 43.0 Å². The second-order valence-electron chi connectivity index (χ2n) is 10.3. The molecule has 1 amide bonds. The van der Waals surface area contributed by atoms with E-state index < -0.39 is 0 Å². The number of nitrogens with zero attached hydrogens (tertiary/aromatic N) is 4. The van der Waals surface area contributed by atoms with Gasteiger partial charge in [0.05, 0.1) is 16.6 Å². The molecule has 1 saturated heterocycles. The first kappa shape index (κ1) is 22.8. The number of rotatable bonds is 4. The lowest BCUT2D eigenvalue weighted by Crippen LogP contribution is -2.49. The van der Waals surface area contributed by atoms with Crippen molar-refractivity contribution in [1.82, 2.24) is 25.1 Å². The number of anilines is 1. The number of carbonyl (C=O) groups excluding carboxylic acids is 1. The van der Waals surface area contributed by atoms with Crippen LogP contribution in [0.25, 0.3) is 22.2 Å². The van der Waals surface area contributed by atoms with E-state index in [0.29, 0.717) is 48.6 Å². The maximum atomic E-state index is 13.3. The minimum absolute atomic E-state index is 0.00286. The molecule has 0 saturated carbocycles. The predicted molar refractivity (Wildman–Crippen MR) is 138 cm³/mol. The van der Waals surface area contributed by atoms with E-state index in [4.69, 9.17) is 0 Å². The average molecular weight is 471 g/mol. The van der Waals surface area contributed by atoms with Crippen molar-refractivity contribution in [1.29, 1.82) is 0 Å². The van der Waals surface area contributed by atoms with Gasteiger partial charge in [-0.15, -0.1) is 0 Å². The summed E-state index contributed by atoms with van der Waals surface area (Å²) in [6.45, 7) is 8.89. The molecule has 8 nitrogen and oxygen atoms in total. The van der Waals surface area contributed by atoms with Crippen LogP contribution in [0, 0.1) is 5.41 Å². The highest BCUT2D eigenvalue weighted by atomic mass is 16.2. The normalized spacial score (nSPS) is 14.5. The van der Waals surface area contributed by atoms with Crippen molar-refractivity contribution in [3.63, 3.8) is 0 Å². The summed E-state index contributed by atoms with van der Waals surface area (Å²) in [6.07, 6.45) is 0.903. The van der Waals surface area contributed by atoms with Gasteiger partial charge in [0.1, 0.15) is 0 Å². The summed E-state index contributed by atoms with van der Waals surface area (Å²) in [5.74, 6) is 0.546. The van der Waals surface area contributed by atoms with E-state index in [1.54, 1.807) is 6.07 Å². The summed E-state index contributed by atoms with van der Waals surface area (Å²) in [5, 5.41) is 8.17. The van der Waals surface area contributed by atoms with Crippen LogP contribution in [-0.2, 0) is 6.42 Å². The molecular formula is C27H30N6O2. The summed E-state index contributed by atoms with van der Waals surface area (Å²) < 4.78 is 0. The molecule has 35 heavy (non-hydrogen) atoms. The highest BCUT2D eigenvalue weighted by molar-refractivity contribution is 5.95. The van der Waals surface area contributed by atoms with Gasteiger partial charge < -0.3 is 9.80 Å². The molecule has 1 aliphatic heterocycles. The van der Waals surface area contributed by atoms with Crippen LogP contribution < -0.4 is 10.5 Å². The summed E-state index contributed by atoms with van der Waals surface area (Å²) in [5.41, 5.74) is 4.18. The Bertz CT molecular complexity index is 1420. The molecule has 0 spiro atoms. The molecule has 3 heterocycles. The molecule has 0 aliphatic carbocycles. The first-order chi connectivity index (χ1) is 16.8. The minimum atomic E-state index is -0.148. The molecule has 8 heteroatoms. The molecule has 0 radical (unpaired) electrons. The van der Waals surface area contributed by atoms with E-state index in [0.717, 1.165) is 23.4 Å². The molecule has 2 aromatic carbocycles. The van der Waals surface area contributed by atoms with Crippen molar-refractivity contribution in [3.05, 3.63) is 76.2 Å². The zero-order valence-corrected chi connectivity index (χ0v) is 20.3. The number of fused-ring (bicyclic) bond motifs is 1. The van der Waals surface area contributed by atoms with Gasteiger partial charge in [-0.3, -0.25) is 19.7 Å². The lowest BCUT2D eigenvalue weighted by molar-refractivity contribution is 0.0746. The highest BCUT2D eigenvalue weighted by Crippen LogP contribution is 2.24. The van der Waals surface area contributed by atoms with E-state index in [2.05, 4.69) is 47.0 Å². The van der Waals surface area contributed by atoms with Gasteiger partial charge in [-0.1, -0.05) is 45.0 Å². The van der Waals surface area contributed by atoms with Crippen LogP contribution in [0.15, 0.2) is 59.4 Å². The van der Waals surface area contributed by atoms with E-state index in [-0.39, 0.29) is 16.9 Å². The van der Waals surface area contributed by atoms with Crippen molar-refractivity contribution in [2.45, 2.75) is 27.2 Å². The zero-order chi connectivity index (χ0) is 24.6. The topological polar surface area (TPSA) is 98.0 Å². The number of nitrogens with one attached hydrogen (secondary N) is 2. The monoisotopic (exact) mass is 470 g/mol. The van der Waals surface area contributed by atoms with Crippen molar-refractivity contribution < 1.29 is 4.79 Å². The second-order valence-corrected chi connectivity index (χ2v) is 10.3. The number of piperazine rings is 1. The number of hydrogen-bond donors (Lipinski definition) is 2. The fourth-order valence-electron chi connectivity index (χ4n) is 4.51. The summed E-state index contributed by atoms with van der Waals surface area (Å²) in [4.78, 5) is 37.0. The number of aromatic nitrogens is 4. The summed E-state index contributed by atoms with van der Waals surface area (Å²) >= 11 is 0. The van der Waals surface area contributed by atoms with Crippen molar-refractivity contribution in [3.8, 4) is 11.3 Å². The highest BCUT2D eigenvalue weighted by Gasteiger charge is 2.24.